The van der Waals surface area contributed by atoms with Gasteiger partial charge in [0.2, 0.25) is 5.91 Å². The van der Waals surface area contributed by atoms with Crippen LogP contribution in [0.5, 0.6) is 0 Å². The molecule has 4 heteroatoms. The van der Waals surface area contributed by atoms with Gasteiger partial charge in [-0.05, 0) is 12.5 Å². The van der Waals surface area contributed by atoms with Crippen molar-refractivity contribution in [3.8, 4) is 0 Å². The van der Waals surface area contributed by atoms with Crippen molar-refractivity contribution >= 4 is 5.91 Å². The maximum absolute atomic E-state index is 11.6. The van der Waals surface area contributed by atoms with E-state index in [4.69, 9.17) is 5.73 Å². The van der Waals surface area contributed by atoms with Crippen LogP contribution in [0.4, 0.5) is 0 Å². The van der Waals surface area contributed by atoms with Gasteiger partial charge in [-0.15, -0.1) is 0 Å². The van der Waals surface area contributed by atoms with Crippen LogP contribution in [0.3, 0.4) is 0 Å². The fourth-order valence-corrected chi connectivity index (χ4v) is 1.39. The Morgan fingerprint density at radius 2 is 1.94 bits per heavy atom. The average molecular weight is 236 g/mol. The Hall–Kier alpha value is -1.39. The highest BCUT2D eigenvalue weighted by Crippen LogP contribution is 2.10. The van der Waals surface area contributed by atoms with Crippen LogP contribution in [0.2, 0.25) is 0 Å². The molecule has 3 atom stereocenters. The number of carbonyl (C=O) groups excluding carboxylic acids is 1. The van der Waals surface area contributed by atoms with Gasteiger partial charge in [-0.2, -0.15) is 0 Å². The second-order valence-corrected chi connectivity index (χ2v) is 4.32. The highest BCUT2D eigenvalue weighted by Gasteiger charge is 2.17. The molecular formula is C13H20N2O2. The molecule has 0 aliphatic rings. The van der Waals surface area contributed by atoms with Crippen LogP contribution in [-0.4, -0.2) is 23.6 Å². The highest BCUT2D eigenvalue weighted by atomic mass is 16.3. The first-order chi connectivity index (χ1) is 8.02. The van der Waals surface area contributed by atoms with Gasteiger partial charge in [0.25, 0.3) is 0 Å². The first-order valence-corrected chi connectivity index (χ1v) is 5.78. The van der Waals surface area contributed by atoms with E-state index >= 15 is 0 Å². The molecular weight excluding hydrogens is 216 g/mol. The Balaban J connectivity index is 2.44. The van der Waals surface area contributed by atoms with E-state index in [0.717, 1.165) is 5.56 Å². The summed E-state index contributed by atoms with van der Waals surface area (Å²) in [5, 5.41) is 12.5. The van der Waals surface area contributed by atoms with Gasteiger partial charge in [0.05, 0.1) is 6.10 Å². The lowest BCUT2D eigenvalue weighted by atomic mass is 10.0. The van der Waals surface area contributed by atoms with Crippen LogP contribution >= 0.6 is 0 Å². The van der Waals surface area contributed by atoms with Gasteiger partial charge in [0.15, 0.2) is 0 Å². The molecule has 0 fully saturated rings. The number of aliphatic hydroxyl groups is 1. The summed E-state index contributed by atoms with van der Waals surface area (Å²) in [5.41, 5.74) is 6.42. The van der Waals surface area contributed by atoms with Crippen LogP contribution in [0.1, 0.15) is 25.5 Å². The number of aliphatic hydroxyl groups excluding tert-OH is 1. The van der Waals surface area contributed by atoms with Gasteiger partial charge in [-0.25, -0.2) is 0 Å². The van der Waals surface area contributed by atoms with Crippen LogP contribution in [0, 0.1) is 5.92 Å². The zero-order valence-electron chi connectivity index (χ0n) is 10.3. The minimum atomic E-state index is -0.680. The minimum Gasteiger partial charge on any atom is -0.387 e. The van der Waals surface area contributed by atoms with Crippen molar-refractivity contribution in [1.29, 1.82) is 0 Å². The molecule has 0 aromatic heterocycles. The molecule has 0 saturated heterocycles. The molecule has 17 heavy (non-hydrogen) atoms. The third-order valence-corrected chi connectivity index (χ3v) is 2.86. The zero-order valence-corrected chi connectivity index (χ0v) is 10.3. The fraction of sp³-hybridized carbons (Fsp3) is 0.462. The smallest absolute Gasteiger partial charge is 0.224 e. The SMILES string of the molecule is CC(N)C(C)C(=O)NCC(O)c1ccccc1. The summed E-state index contributed by atoms with van der Waals surface area (Å²) in [5.74, 6) is -0.382. The van der Waals surface area contributed by atoms with Crippen molar-refractivity contribution in [3.63, 3.8) is 0 Å². The fourth-order valence-electron chi connectivity index (χ4n) is 1.39. The predicted octanol–water partition coefficient (Wildman–Crippen LogP) is 0.819. The van der Waals surface area contributed by atoms with E-state index in [1.165, 1.54) is 0 Å². The maximum atomic E-state index is 11.6. The van der Waals surface area contributed by atoms with Crippen molar-refractivity contribution < 1.29 is 9.90 Å². The highest BCUT2D eigenvalue weighted by molar-refractivity contribution is 5.78. The lowest BCUT2D eigenvalue weighted by Gasteiger charge is -2.17. The van der Waals surface area contributed by atoms with Gasteiger partial charge >= 0.3 is 0 Å². The van der Waals surface area contributed by atoms with Crippen molar-refractivity contribution in [2.45, 2.75) is 26.0 Å². The Morgan fingerprint density at radius 1 is 1.35 bits per heavy atom. The minimum absolute atomic E-state index is 0.130. The summed E-state index contributed by atoms with van der Waals surface area (Å²) >= 11 is 0. The van der Waals surface area contributed by atoms with Crippen LogP contribution < -0.4 is 11.1 Å². The summed E-state index contributed by atoms with van der Waals surface area (Å²) in [4.78, 5) is 11.6. The van der Waals surface area contributed by atoms with Crippen molar-refractivity contribution in [2.24, 2.45) is 11.7 Å². The van der Waals surface area contributed by atoms with Crippen LogP contribution in [0.25, 0.3) is 0 Å². The Labute approximate surface area is 102 Å². The third kappa shape index (κ3) is 4.17. The molecule has 4 nitrogen and oxygen atoms in total. The molecule has 0 spiro atoms. The third-order valence-electron chi connectivity index (χ3n) is 2.86. The van der Waals surface area contributed by atoms with Crippen molar-refractivity contribution in [1.82, 2.24) is 5.32 Å². The predicted molar refractivity (Wildman–Crippen MR) is 67.2 cm³/mol. The van der Waals surface area contributed by atoms with Crippen molar-refractivity contribution in [3.05, 3.63) is 35.9 Å². The van der Waals surface area contributed by atoms with Crippen molar-refractivity contribution in [2.75, 3.05) is 6.54 Å². The number of rotatable bonds is 5. The van der Waals surface area contributed by atoms with E-state index in [1.54, 1.807) is 13.8 Å². The first kappa shape index (κ1) is 13.7. The summed E-state index contributed by atoms with van der Waals surface area (Å²) in [7, 11) is 0. The largest absolute Gasteiger partial charge is 0.387 e. The topological polar surface area (TPSA) is 75.4 Å². The molecule has 0 bridgehead atoms. The molecule has 1 amide bonds. The van der Waals surface area contributed by atoms with Crippen LogP contribution in [0.15, 0.2) is 30.3 Å². The van der Waals surface area contributed by atoms with Crippen LogP contribution in [-0.2, 0) is 4.79 Å². The Kier molecular flexibility index (Phi) is 5.12. The molecule has 1 aromatic rings. The van der Waals surface area contributed by atoms with Gasteiger partial charge in [0, 0.05) is 18.5 Å². The quantitative estimate of drug-likeness (QED) is 0.708. The van der Waals surface area contributed by atoms with E-state index < -0.39 is 6.10 Å². The second-order valence-electron chi connectivity index (χ2n) is 4.32. The molecule has 0 aliphatic heterocycles. The van der Waals surface area contributed by atoms with E-state index in [0.29, 0.717) is 0 Å². The molecule has 0 radical (unpaired) electrons. The number of amides is 1. The lowest BCUT2D eigenvalue weighted by Crippen LogP contribution is -2.40. The summed E-state index contributed by atoms with van der Waals surface area (Å²) in [6, 6.07) is 9.05. The normalized spacial score (nSPS) is 16.0. The molecule has 4 N–H and O–H groups in total. The number of hydrogen-bond acceptors (Lipinski definition) is 3. The van der Waals surface area contributed by atoms with Gasteiger partial charge in [0.1, 0.15) is 0 Å². The van der Waals surface area contributed by atoms with Gasteiger partial charge in [-0.3, -0.25) is 4.79 Å². The summed E-state index contributed by atoms with van der Waals surface area (Å²) in [6.07, 6.45) is -0.680. The standard InChI is InChI=1S/C13H20N2O2/c1-9(10(2)14)13(17)15-8-12(16)11-6-4-3-5-7-11/h3-7,9-10,12,16H,8,14H2,1-2H3,(H,15,17). The second kappa shape index (κ2) is 6.37. The molecule has 3 unspecified atom stereocenters. The Morgan fingerprint density at radius 3 is 2.47 bits per heavy atom. The van der Waals surface area contributed by atoms with E-state index in [9.17, 15) is 9.90 Å². The number of benzene rings is 1. The van der Waals surface area contributed by atoms with E-state index in [-0.39, 0.29) is 24.4 Å². The number of nitrogens with one attached hydrogen (secondary N) is 1. The molecule has 1 aromatic carbocycles. The maximum Gasteiger partial charge on any atom is 0.224 e. The number of carbonyl (C=O) groups is 1. The molecule has 0 saturated carbocycles. The average Bonchev–Trinajstić information content (AvgIpc) is 2.35. The number of hydrogen-bond donors (Lipinski definition) is 3. The summed E-state index contributed by atoms with van der Waals surface area (Å²) in [6.45, 7) is 3.77. The first-order valence-electron chi connectivity index (χ1n) is 5.78. The van der Waals surface area contributed by atoms with Gasteiger partial charge < -0.3 is 16.2 Å². The lowest BCUT2D eigenvalue weighted by molar-refractivity contribution is -0.125. The number of nitrogens with two attached hydrogens (primary N) is 1. The van der Waals surface area contributed by atoms with E-state index in [2.05, 4.69) is 5.32 Å². The molecule has 0 aliphatic carbocycles. The summed E-state index contributed by atoms with van der Waals surface area (Å²) < 4.78 is 0. The Bertz CT molecular complexity index is 352. The molecule has 0 heterocycles. The van der Waals surface area contributed by atoms with E-state index in [1.807, 2.05) is 30.3 Å². The molecule has 94 valence electrons. The monoisotopic (exact) mass is 236 g/mol. The van der Waals surface area contributed by atoms with Gasteiger partial charge in [-0.1, -0.05) is 37.3 Å². The zero-order chi connectivity index (χ0) is 12.8. The molecule has 1 rings (SSSR count).